The van der Waals surface area contributed by atoms with E-state index >= 15 is 14.4 Å². The van der Waals surface area contributed by atoms with E-state index in [0.29, 0.717) is 66.8 Å². The van der Waals surface area contributed by atoms with Crippen molar-refractivity contribution in [1.82, 2.24) is 0 Å². The molecule has 472 valence electrons. The number of aromatic hydroxyl groups is 4. The first-order valence-electron chi connectivity index (χ1n) is 30.3. The fraction of sp³-hybridized carbons (Fsp3) is 0.616. The minimum atomic E-state index is -3.00. The number of phenolic OH excluding ortho intramolecular Hbond substituents is 4. The van der Waals surface area contributed by atoms with Crippen molar-refractivity contribution in [2.24, 2.45) is 5.41 Å². The van der Waals surface area contributed by atoms with Crippen LogP contribution in [0.25, 0.3) is 0 Å². The number of carbonyl (C=O) groups is 4. The maximum Gasteiger partial charge on any atom is 0.432 e. The van der Waals surface area contributed by atoms with Gasteiger partial charge in [-0.3, -0.25) is 19.2 Å². The summed E-state index contributed by atoms with van der Waals surface area (Å²) in [4.78, 5) is 61.5. The van der Waals surface area contributed by atoms with E-state index in [1.165, 1.54) is 13.8 Å². The second kappa shape index (κ2) is 23.9. The number of esters is 4. The number of carbonyl (C=O) groups excluding carboxylic acids is 4. The van der Waals surface area contributed by atoms with Crippen LogP contribution in [0.3, 0.4) is 0 Å². The average Bonchev–Trinajstić information content (AvgIpc) is 1.22. The van der Waals surface area contributed by atoms with E-state index in [4.69, 9.17) is 18.9 Å². The minimum absolute atomic E-state index is 0.0928. The van der Waals surface area contributed by atoms with Gasteiger partial charge in [0.1, 0.15) is 35.0 Å². The molecular weight excluding hydrogens is 1070 g/mol. The Bertz CT molecular complexity index is 2760. The van der Waals surface area contributed by atoms with Gasteiger partial charge in [0.05, 0.1) is 23.7 Å². The van der Waals surface area contributed by atoms with Crippen molar-refractivity contribution in [2.75, 3.05) is 6.61 Å². The number of benzene rings is 4. The van der Waals surface area contributed by atoms with Crippen LogP contribution in [0.5, 0.6) is 23.0 Å². The zero-order chi connectivity index (χ0) is 66.0. The predicted molar refractivity (Wildman–Crippen MR) is 341 cm³/mol. The molecule has 0 fully saturated rings. The topological polar surface area (TPSA) is 186 Å². The molecule has 0 heterocycles. The molecule has 0 saturated carbocycles. The lowest BCUT2D eigenvalue weighted by Crippen LogP contribution is -2.58. The number of phenols is 4. The van der Waals surface area contributed by atoms with Gasteiger partial charge in [0.25, 0.3) is 0 Å². The van der Waals surface area contributed by atoms with Gasteiger partial charge < -0.3 is 39.4 Å². The molecule has 0 aliphatic rings. The summed E-state index contributed by atoms with van der Waals surface area (Å²) in [7, 11) is 0. The highest BCUT2D eigenvalue weighted by Crippen LogP contribution is 2.48. The molecule has 4 rings (SSSR count). The Morgan fingerprint density at radius 3 is 0.612 bits per heavy atom. The zero-order valence-corrected chi connectivity index (χ0v) is 57.7. The SMILES string of the molecule is CC(C(=O)OCC(C)(C)C(OC(=O)C(C)c1cc(C(C)(C)C)c(O)c(C(C)(C)C)c1)(OC(=O)C(C)c1cc(C(C)(C)C)c(O)c(C(C)(C)C)c1)OC(=O)C(C)c1cc(C(C)(C)C)c(O)c(C(C)(C)C)c1)c1cc(C(C)(C)C)c(O)c(C(C)(C)C)c1. The van der Waals surface area contributed by atoms with E-state index in [9.17, 15) is 25.2 Å². The van der Waals surface area contributed by atoms with E-state index in [2.05, 4.69) is 0 Å². The molecule has 0 amide bonds. The summed E-state index contributed by atoms with van der Waals surface area (Å²) in [6.45, 7) is 56.1. The number of rotatable bonds is 14. The van der Waals surface area contributed by atoms with Gasteiger partial charge in [0.2, 0.25) is 0 Å². The van der Waals surface area contributed by atoms with Crippen molar-refractivity contribution in [3.8, 4) is 23.0 Å². The van der Waals surface area contributed by atoms with Crippen LogP contribution in [0.2, 0.25) is 0 Å². The summed E-state index contributed by atoms with van der Waals surface area (Å²) >= 11 is 0. The molecule has 12 heteroatoms. The Labute approximate surface area is 511 Å². The van der Waals surface area contributed by atoms with Crippen LogP contribution in [0.4, 0.5) is 0 Å². The highest BCUT2D eigenvalue weighted by atomic mass is 16.9. The normalized spacial score (nSPS) is 15.5. The summed E-state index contributed by atoms with van der Waals surface area (Å²) in [5.74, 6) is -10.6. The number of hydrogen-bond donors (Lipinski definition) is 4. The van der Waals surface area contributed by atoms with Gasteiger partial charge in [-0.15, -0.1) is 0 Å². The molecule has 0 aromatic heterocycles. The van der Waals surface area contributed by atoms with Crippen LogP contribution in [0.1, 0.15) is 298 Å². The van der Waals surface area contributed by atoms with Crippen molar-refractivity contribution in [3.05, 3.63) is 115 Å². The first kappa shape index (κ1) is 71.4. The second-order valence-electron chi connectivity index (χ2n) is 33.1. The lowest BCUT2D eigenvalue weighted by molar-refractivity contribution is -0.378. The summed E-state index contributed by atoms with van der Waals surface area (Å²) in [6, 6.07) is 14.1. The summed E-state index contributed by atoms with van der Waals surface area (Å²) < 4.78 is 26.3. The van der Waals surface area contributed by atoms with Crippen LogP contribution in [0.15, 0.2) is 48.5 Å². The molecule has 4 atom stereocenters. The van der Waals surface area contributed by atoms with Crippen LogP contribution in [-0.2, 0) is 81.4 Å². The van der Waals surface area contributed by atoms with E-state index in [1.807, 2.05) is 166 Å². The number of hydrogen-bond acceptors (Lipinski definition) is 12. The Morgan fingerprint density at radius 2 is 0.459 bits per heavy atom. The monoisotopic (exact) mass is 1180 g/mol. The van der Waals surface area contributed by atoms with Crippen LogP contribution < -0.4 is 0 Å². The second-order valence-corrected chi connectivity index (χ2v) is 33.1. The van der Waals surface area contributed by atoms with Gasteiger partial charge in [-0.1, -0.05) is 215 Å². The zero-order valence-electron chi connectivity index (χ0n) is 57.7. The van der Waals surface area contributed by atoms with Gasteiger partial charge in [0.15, 0.2) is 0 Å². The first-order valence-corrected chi connectivity index (χ1v) is 30.3. The molecule has 4 N–H and O–H groups in total. The fourth-order valence-electron chi connectivity index (χ4n) is 10.3. The maximum absolute atomic E-state index is 15.6. The van der Waals surface area contributed by atoms with Crippen LogP contribution >= 0.6 is 0 Å². The number of ether oxygens (including phenoxy) is 4. The Hall–Kier alpha value is -6.04. The largest absolute Gasteiger partial charge is 0.507 e. The highest BCUT2D eigenvalue weighted by Gasteiger charge is 2.60. The van der Waals surface area contributed by atoms with E-state index < -0.39 is 109 Å². The molecule has 0 aliphatic heterocycles. The van der Waals surface area contributed by atoms with Crippen molar-refractivity contribution >= 4 is 23.9 Å². The lowest BCUT2D eigenvalue weighted by atomic mass is 9.77. The average molecular weight is 1180 g/mol. The Balaban J connectivity index is 2.13. The van der Waals surface area contributed by atoms with Gasteiger partial charge in [-0.2, -0.15) is 0 Å². The first-order chi connectivity index (χ1) is 37.9. The summed E-state index contributed by atoms with van der Waals surface area (Å²) in [5.41, 5.74) is 0.286. The van der Waals surface area contributed by atoms with Gasteiger partial charge in [-0.05, 0) is 152 Å². The van der Waals surface area contributed by atoms with Crippen molar-refractivity contribution < 1.29 is 58.6 Å². The molecule has 4 unspecified atom stereocenters. The van der Waals surface area contributed by atoms with Gasteiger partial charge >= 0.3 is 29.9 Å². The summed E-state index contributed by atoms with van der Waals surface area (Å²) in [5, 5.41) is 46.9. The van der Waals surface area contributed by atoms with Crippen molar-refractivity contribution in [2.45, 2.75) is 281 Å². The Kier molecular flexibility index (Phi) is 20.1. The Morgan fingerprint density at radius 1 is 0.306 bits per heavy atom. The molecule has 12 nitrogen and oxygen atoms in total. The molecule has 85 heavy (non-hydrogen) atoms. The fourth-order valence-corrected chi connectivity index (χ4v) is 10.3. The van der Waals surface area contributed by atoms with Gasteiger partial charge in [-0.25, -0.2) is 0 Å². The molecule has 4 aromatic rings. The van der Waals surface area contributed by atoms with E-state index in [1.54, 1.807) is 76.2 Å². The third kappa shape index (κ3) is 15.9. The predicted octanol–water partition coefficient (Wildman–Crippen LogP) is 17.3. The van der Waals surface area contributed by atoms with Gasteiger partial charge in [0, 0.05) is 0 Å². The maximum atomic E-state index is 15.6. The third-order valence-corrected chi connectivity index (χ3v) is 16.5. The molecular formula is C73H108O12. The smallest absolute Gasteiger partial charge is 0.432 e. The minimum Gasteiger partial charge on any atom is -0.507 e. The quantitative estimate of drug-likeness (QED) is 0.0693. The molecule has 0 bridgehead atoms. The van der Waals surface area contributed by atoms with Crippen LogP contribution in [-0.4, -0.2) is 56.9 Å². The lowest BCUT2D eigenvalue weighted by Gasteiger charge is -2.43. The molecule has 0 spiro atoms. The standard InChI is InChI=1S/C73H108O12/c1-40(44-31-48(64(5,6)7)56(74)49(32-44)65(8,9)10)60(78)82-39-72(29,30)73(83-61(79)41(2)45-33-50(66(11,12)13)57(75)51(34-45)67(14,15)16,84-62(80)42(3)46-35-52(68(17,18)19)58(76)53(36-46)69(20,21)22)85-63(81)43(4)47-37-54(70(23,24)25)59(77)55(38-47)71(26,27)28/h31-38,40-43,74-77H,39H2,1-30H3. The van der Waals surface area contributed by atoms with E-state index in [-0.39, 0.29) is 23.0 Å². The molecule has 0 radical (unpaired) electrons. The molecule has 0 saturated heterocycles. The molecule has 0 aliphatic carbocycles. The van der Waals surface area contributed by atoms with E-state index in [0.717, 1.165) is 0 Å². The molecule has 4 aromatic carbocycles. The summed E-state index contributed by atoms with van der Waals surface area (Å²) in [6.07, 6.45) is 0. The van der Waals surface area contributed by atoms with Crippen LogP contribution in [0, 0.1) is 5.41 Å². The van der Waals surface area contributed by atoms with Crippen molar-refractivity contribution in [3.63, 3.8) is 0 Å². The van der Waals surface area contributed by atoms with Crippen molar-refractivity contribution in [1.29, 1.82) is 0 Å². The highest BCUT2D eigenvalue weighted by molar-refractivity contribution is 5.83. The third-order valence-electron chi connectivity index (χ3n) is 16.5.